The molecule has 1 spiro atoms. The minimum atomic E-state index is -0.746. The highest BCUT2D eigenvalue weighted by Gasteiger charge is 2.55. The number of hydrogen-bond donors (Lipinski definition) is 0. The minimum Gasteiger partial charge on any atom is -0.273 e. The predicted molar refractivity (Wildman–Crippen MR) is 79.5 cm³/mol. The number of carbonyl (C=O) groups excluding carboxylic acids is 2. The normalized spacial score (nSPS) is 32.0. The van der Waals surface area contributed by atoms with Gasteiger partial charge in [-0.1, -0.05) is 46.3 Å². The number of carbonyl (C=O) groups is 2. The molecule has 1 heterocycles. The summed E-state index contributed by atoms with van der Waals surface area (Å²) in [4.78, 5) is 25.2. The van der Waals surface area contributed by atoms with Crippen LogP contribution >= 0.6 is 15.9 Å². The molecule has 4 nitrogen and oxygen atoms in total. The number of allylic oxidation sites excluding steroid dienone is 6. The fourth-order valence-electron chi connectivity index (χ4n) is 3.17. The van der Waals surface area contributed by atoms with Crippen molar-refractivity contribution in [2.75, 3.05) is 14.1 Å². The van der Waals surface area contributed by atoms with Crippen LogP contribution in [0.1, 0.15) is 6.42 Å². The van der Waals surface area contributed by atoms with Gasteiger partial charge in [-0.25, -0.2) is 10.0 Å². The first-order chi connectivity index (χ1) is 9.46. The van der Waals surface area contributed by atoms with Crippen LogP contribution in [0.4, 0.5) is 0 Å². The summed E-state index contributed by atoms with van der Waals surface area (Å²) in [6.45, 7) is 0. The zero-order valence-electron chi connectivity index (χ0n) is 11.3. The van der Waals surface area contributed by atoms with Crippen LogP contribution in [0.3, 0.4) is 0 Å². The Hall–Kier alpha value is -1.46. The van der Waals surface area contributed by atoms with Gasteiger partial charge in [-0.2, -0.15) is 0 Å². The molecule has 0 N–H and O–H groups in total. The molecule has 2 amide bonds. The van der Waals surface area contributed by atoms with Crippen LogP contribution in [0.25, 0.3) is 0 Å². The van der Waals surface area contributed by atoms with Crippen molar-refractivity contribution >= 4 is 27.7 Å². The lowest BCUT2D eigenvalue weighted by atomic mass is 9.62. The Bertz CT molecular complexity index is 615. The Morgan fingerprint density at radius 3 is 2.80 bits per heavy atom. The molecular formula is C15H15BrN2O2. The van der Waals surface area contributed by atoms with Crippen LogP contribution in [0.15, 0.2) is 46.5 Å². The predicted octanol–water partition coefficient (Wildman–Crippen LogP) is 2.17. The number of imide groups is 1. The van der Waals surface area contributed by atoms with Crippen LogP contribution in [-0.2, 0) is 9.59 Å². The van der Waals surface area contributed by atoms with Crippen molar-refractivity contribution in [3.05, 3.63) is 46.5 Å². The third kappa shape index (κ3) is 1.70. The molecule has 0 aromatic heterocycles. The van der Waals surface area contributed by atoms with E-state index < -0.39 is 5.41 Å². The van der Waals surface area contributed by atoms with Crippen molar-refractivity contribution in [1.29, 1.82) is 0 Å². The second-order valence-electron chi connectivity index (χ2n) is 5.41. The van der Waals surface area contributed by atoms with E-state index in [1.165, 1.54) is 5.01 Å². The molecule has 1 aliphatic heterocycles. The second kappa shape index (κ2) is 4.53. The summed E-state index contributed by atoms with van der Waals surface area (Å²) in [7, 11) is 3.43. The molecule has 104 valence electrons. The van der Waals surface area contributed by atoms with Crippen molar-refractivity contribution in [2.45, 2.75) is 6.42 Å². The van der Waals surface area contributed by atoms with Gasteiger partial charge in [-0.3, -0.25) is 9.59 Å². The quantitative estimate of drug-likeness (QED) is 0.690. The van der Waals surface area contributed by atoms with Crippen LogP contribution in [0.5, 0.6) is 0 Å². The van der Waals surface area contributed by atoms with E-state index in [-0.39, 0.29) is 17.7 Å². The first-order valence-electron chi connectivity index (χ1n) is 6.47. The van der Waals surface area contributed by atoms with Gasteiger partial charge in [0.2, 0.25) is 5.91 Å². The molecule has 0 radical (unpaired) electrons. The van der Waals surface area contributed by atoms with Crippen molar-refractivity contribution in [1.82, 2.24) is 10.0 Å². The highest BCUT2D eigenvalue weighted by molar-refractivity contribution is 9.11. The summed E-state index contributed by atoms with van der Waals surface area (Å²) < 4.78 is 0.923. The third-order valence-corrected chi connectivity index (χ3v) is 4.53. The SMILES string of the molecule is CN(C)N1C(=O)CC2C=C(Br)C=C3C=CC=CC32C1=O. The maximum atomic E-state index is 13.0. The van der Waals surface area contributed by atoms with Gasteiger partial charge in [0, 0.05) is 30.9 Å². The van der Waals surface area contributed by atoms with Gasteiger partial charge in [-0.05, 0) is 11.6 Å². The zero-order valence-corrected chi connectivity index (χ0v) is 12.9. The van der Waals surface area contributed by atoms with E-state index in [0.29, 0.717) is 6.42 Å². The van der Waals surface area contributed by atoms with E-state index in [4.69, 9.17) is 0 Å². The molecule has 5 heteroatoms. The molecule has 1 fully saturated rings. The molecule has 2 unspecified atom stereocenters. The Morgan fingerprint density at radius 2 is 2.10 bits per heavy atom. The molecule has 1 saturated heterocycles. The van der Waals surface area contributed by atoms with E-state index in [9.17, 15) is 9.59 Å². The van der Waals surface area contributed by atoms with Crippen LogP contribution in [0.2, 0.25) is 0 Å². The van der Waals surface area contributed by atoms with Crippen LogP contribution in [-0.4, -0.2) is 35.9 Å². The van der Waals surface area contributed by atoms with Crippen LogP contribution in [0, 0.1) is 11.3 Å². The van der Waals surface area contributed by atoms with Gasteiger partial charge >= 0.3 is 0 Å². The van der Waals surface area contributed by atoms with Crippen molar-refractivity contribution in [3.8, 4) is 0 Å². The van der Waals surface area contributed by atoms with Gasteiger partial charge in [-0.15, -0.1) is 0 Å². The first kappa shape index (κ1) is 13.5. The smallest absolute Gasteiger partial charge is 0.259 e. The van der Waals surface area contributed by atoms with E-state index in [1.54, 1.807) is 19.1 Å². The Kier molecular flexibility index (Phi) is 3.06. The number of rotatable bonds is 1. The monoisotopic (exact) mass is 334 g/mol. The highest BCUT2D eigenvalue weighted by Crippen LogP contribution is 2.51. The zero-order chi connectivity index (χ0) is 14.5. The Balaban J connectivity index is 2.16. The summed E-state index contributed by atoms with van der Waals surface area (Å²) in [5, 5.41) is 2.81. The third-order valence-electron chi connectivity index (χ3n) is 4.04. The maximum absolute atomic E-state index is 13.0. The van der Waals surface area contributed by atoms with Crippen molar-refractivity contribution in [2.24, 2.45) is 11.3 Å². The highest BCUT2D eigenvalue weighted by atomic mass is 79.9. The Labute approximate surface area is 126 Å². The van der Waals surface area contributed by atoms with Gasteiger partial charge in [0.1, 0.15) is 5.41 Å². The largest absolute Gasteiger partial charge is 0.273 e. The lowest BCUT2D eigenvalue weighted by molar-refractivity contribution is -0.172. The lowest BCUT2D eigenvalue weighted by Crippen LogP contribution is -2.60. The molecule has 0 aromatic rings. The molecule has 2 aliphatic carbocycles. The molecule has 0 aromatic carbocycles. The number of piperidine rings is 1. The lowest BCUT2D eigenvalue weighted by Gasteiger charge is -2.47. The second-order valence-corrected chi connectivity index (χ2v) is 6.32. The van der Waals surface area contributed by atoms with E-state index in [1.807, 2.05) is 36.5 Å². The average Bonchev–Trinajstić information content (AvgIpc) is 2.37. The van der Waals surface area contributed by atoms with Crippen molar-refractivity contribution in [3.63, 3.8) is 0 Å². The summed E-state index contributed by atoms with van der Waals surface area (Å²) >= 11 is 3.47. The van der Waals surface area contributed by atoms with Gasteiger partial charge < -0.3 is 0 Å². The standard InChI is InChI=1S/C15H15BrN2O2/c1-17(2)18-13(19)9-11-8-12(16)7-10-5-3-4-6-15(10,11)14(18)20/h3-8,11H,9H2,1-2H3. The number of hydrogen-bond acceptors (Lipinski definition) is 3. The fraction of sp³-hybridized carbons (Fsp3) is 0.333. The number of amides is 2. The van der Waals surface area contributed by atoms with Gasteiger partial charge in [0.25, 0.3) is 5.91 Å². The molecule has 0 saturated carbocycles. The number of halogens is 1. The number of nitrogens with zero attached hydrogens (tertiary/aromatic N) is 2. The molecule has 2 atom stereocenters. The van der Waals surface area contributed by atoms with Crippen molar-refractivity contribution < 1.29 is 9.59 Å². The summed E-state index contributed by atoms with van der Waals surface area (Å²) in [5.74, 6) is -0.461. The first-order valence-corrected chi connectivity index (χ1v) is 7.26. The molecule has 20 heavy (non-hydrogen) atoms. The van der Waals surface area contributed by atoms with E-state index in [2.05, 4.69) is 15.9 Å². The number of hydrazine groups is 1. The minimum absolute atomic E-state index is 0.130. The molecule has 0 bridgehead atoms. The summed E-state index contributed by atoms with van der Waals surface area (Å²) in [6, 6.07) is 0. The summed E-state index contributed by atoms with van der Waals surface area (Å²) in [6.07, 6.45) is 11.9. The average molecular weight is 335 g/mol. The van der Waals surface area contributed by atoms with E-state index in [0.717, 1.165) is 10.1 Å². The fourth-order valence-corrected chi connectivity index (χ4v) is 3.73. The molecular weight excluding hydrogens is 320 g/mol. The van der Waals surface area contributed by atoms with Crippen LogP contribution < -0.4 is 0 Å². The Morgan fingerprint density at radius 1 is 1.35 bits per heavy atom. The maximum Gasteiger partial charge on any atom is 0.259 e. The molecule has 3 rings (SSSR count). The molecule has 3 aliphatic rings. The topological polar surface area (TPSA) is 40.6 Å². The van der Waals surface area contributed by atoms with Gasteiger partial charge in [0.15, 0.2) is 0 Å². The van der Waals surface area contributed by atoms with Gasteiger partial charge in [0.05, 0.1) is 0 Å². The summed E-state index contributed by atoms with van der Waals surface area (Å²) in [5.41, 5.74) is 0.188. The van der Waals surface area contributed by atoms with E-state index >= 15 is 0 Å².